The predicted octanol–water partition coefficient (Wildman–Crippen LogP) is 0.747. The number of morpholine rings is 1. The van der Waals surface area contributed by atoms with Gasteiger partial charge in [-0.25, -0.2) is 4.98 Å². The lowest BCUT2D eigenvalue weighted by Crippen LogP contribution is -2.53. The smallest absolute Gasteiger partial charge is 0.149 e. The number of nitrogens with one attached hydrogen (secondary N) is 1. The number of rotatable bonds is 3. The summed E-state index contributed by atoms with van der Waals surface area (Å²) in [4.78, 5) is 13.8. The summed E-state index contributed by atoms with van der Waals surface area (Å²) in [5.74, 6) is 2.59. The van der Waals surface area contributed by atoms with Gasteiger partial charge in [0.1, 0.15) is 11.6 Å². The highest BCUT2D eigenvalue weighted by atomic mass is 16.5. The van der Waals surface area contributed by atoms with Crippen molar-refractivity contribution < 1.29 is 4.74 Å². The van der Waals surface area contributed by atoms with Crippen molar-refractivity contribution in [3.8, 4) is 0 Å². The van der Waals surface area contributed by atoms with Gasteiger partial charge in [0.05, 0.1) is 25.6 Å². The minimum absolute atomic E-state index is 0.521. The van der Waals surface area contributed by atoms with Crippen LogP contribution >= 0.6 is 0 Å². The Hall–Kier alpha value is -1.40. The number of hydrogen-bond acceptors (Lipinski definition) is 6. The monoisotopic (exact) mass is 291 g/mol. The predicted molar refractivity (Wildman–Crippen MR) is 83.9 cm³/mol. The molecule has 2 saturated heterocycles. The van der Waals surface area contributed by atoms with Gasteiger partial charge >= 0.3 is 0 Å². The maximum Gasteiger partial charge on any atom is 0.149 e. The van der Waals surface area contributed by atoms with Crippen molar-refractivity contribution in [1.82, 2.24) is 15.3 Å². The van der Waals surface area contributed by atoms with Crippen LogP contribution in [0, 0.1) is 5.92 Å². The van der Waals surface area contributed by atoms with E-state index in [-0.39, 0.29) is 0 Å². The molecule has 0 saturated carbocycles. The van der Waals surface area contributed by atoms with E-state index in [0.29, 0.717) is 12.0 Å². The zero-order chi connectivity index (χ0) is 14.7. The lowest BCUT2D eigenvalue weighted by atomic mass is 10.0. The van der Waals surface area contributed by atoms with Crippen LogP contribution in [0.2, 0.25) is 0 Å². The van der Waals surface area contributed by atoms with E-state index in [4.69, 9.17) is 9.72 Å². The van der Waals surface area contributed by atoms with Crippen molar-refractivity contribution in [3.63, 3.8) is 0 Å². The molecule has 6 nitrogen and oxygen atoms in total. The molecule has 1 aromatic rings. The number of anilines is 2. The Morgan fingerprint density at radius 1 is 1.14 bits per heavy atom. The van der Waals surface area contributed by atoms with Crippen molar-refractivity contribution in [3.05, 3.63) is 12.4 Å². The highest BCUT2D eigenvalue weighted by Crippen LogP contribution is 2.19. The lowest BCUT2D eigenvalue weighted by Gasteiger charge is -2.36. The highest BCUT2D eigenvalue weighted by Gasteiger charge is 2.23. The third kappa shape index (κ3) is 3.44. The number of ether oxygens (including phenoxy) is 1. The van der Waals surface area contributed by atoms with Crippen LogP contribution in [0.15, 0.2) is 12.4 Å². The molecule has 2 aliphatic rings. The highest BCUT2D eigenvalue weighted by molar-refractivity contribution is 5.46. The quantitative estimate of drug-likeness (QED) is 0.887. The van der Waals surface area contributed by atoms with Crippen LogP contribution in [-0.2, 0) is 4.74 Å². The van der Waals surface area contributed by atoms with Crippen molar-refractivity contribution in [2.45, 2.75) is 19.9 Å². The molecular weight excluding hydrogens is 266 g/mol. The molecule has 1 N–H and O–H groups in total. The molecule has 116 valence electrons. The molecule has 0 amide bonds. The molecule has 21 heavy (non-hydrogen) atoms. The summed E-state index contributed by atoms with van der Waals surface area (Å²) in [5, 5.41) is 3.58. The summed E-state index contributed by atoms with van der Waals surface area (Å²) in [6.07, 6.45) is 3.74. The summed E-state index contributed by atoms with van der Waals surface area (Å²) in [7, 11) is 0. The minimum Gasteiger partial charge on any atom is -0.378 e. The van der Waals surface area contributed by atoms with Gasteiger partial charge in [0.25, 0.3) is 0 Å². The SMILES string of the molecule is CC(C)[C@@H]1CN(c2cncc(N3CCOCC3)n2)CCN1. The topological polar surface area (TPSA) is 53.5 Å². The molecule has 1 aromatic heterocycles. The Labute approximate surface area is 126 Å². The third-order valence-electron chi connectivity index (χ3n) is 4.28. The molecular formula is C15H25N5O. The number of piperazine rings is 1. The van der Waals surface area contributed by atoms with E-state index in [2.05, 4.69) is 33.9 Å². The average Bonchev–Trinajstić information content (AvgIpc) is 2.56. The summed E-state index contributed by atoms with van der Waals surface area (Å²) in [6.45, 7) is 10.9. The van der Waals surface area contributed by atoms with Gasteiger partial charge in [-0.05, 0) is 5.92 Å². The van der Waals surface area contributed by atoms with Crippen LogP contribution in [-0.4, -0.2) is 61.9 Å². The fraction of sp³-hybridized carbons (Fsp3) is 0.733. The molecule has 0 aromatic carbocycles. The second-order valence-corrected chi connectivity index (χ2v) is 6.09. The van der Waals surface area contributed by atoms with Gasteiger partial charge in [0.2, 0.25) is 0 Å². The molecule has 0 bridgehead atoms. The van der Waals surface area contributed by atoms with Gasteiger partial charge in [-0.2, -0.15) is 0 Å². The Morgan fingerprint density at radius 3 is 2.57 bits per heavy atom. The molecule has 2 aliphatic heterocycles. The van der Waals surface area contributed by atoms with E-state index >= 15 is 0 Å². The van der Waals surface area contributed by atoms with Gasteiger partial charge in [-0.3, -0.25) is 4.98 Å². The summed E-state index contributed by atoms with van der Waals surface area (Å²) in [5.41, 5.74) is 0. The maximum atomic E-state index is 5.40. The van der Waals surface area contributed by atoms with E-state index in [9.17, 15) is 0 Å². The van der Waals surface area contributed by atoms with Crippen LogP contribution in [0.1, 0.15) is 13.8 Å². The number of aromatic nitrogens is 2. The molecule has 6 heteroatoms. The second kappa shape index (κ2) is 6.58. The molecule has 0 spiro atoms. The van der Waals surface area contributed by atoms with Crippen LogP contribution in [0.4, 0.5) is 11.6 Å². The van der Waals surface area contributed by atoms with Gasteiger partial charge in [-0.15, -0.1) is 0 Å². The zero-order valence-electron chi connectivity index (χ0n) is 13.0. The van der Waals surface area contributed by atoms with E-state index in [1.165, 1.54) is 0 Å². The van der Waals surface area contributed by atoms with E-state index < -0.39 is 0 Å². The van der Waals surface area contributed by atoms with Crippen LogP contribution in [0.25, 0.3) is 0 Å². The molecule has 0 unspecified atom stereocenters. The Morgan fingerprint density at radius 2 is 1.86 bits per heavy atom. The van der Waals surface area contributed by atoms with Crippen molar-refractivity contribution in [2.24, 2.45) is 5.92 Å². The van der Waals surface area contributed by atoms with Gasteiger partial charge in [0, 0.05) is 38.8 Å². The number of hydrogen-bond donors (Lipinski definition) is 1. The first-order valence-electron chi connectivity index (χ1n) is 7.87. The first-order valence-corrected chi connectivity index (χ1v) is 7.87. The van der Waals surface area contributed by atoms with E-state index in [1.54, 1.807) is 0 Å². The molecule has 0 radical (unpaired) electrons. The third-order valence-corrected chi connectivity index (χ3v) is 4.28. The minimum atomic E-state index is 0.521. The average molecular weight is 291 g/mol. The lowest BCUT2D eigenvalue weighted by molar-refractivity contribution is 0.122. The Balaban J connectivity index is 1.72. The molecule has 1 atom stereocenters. The van der Waals surface area contributed by atoms with Crippen LogP contribution in [0.3, 0.4) is 0 Å². The van der Waals surface area contributed by atoms with Crippen LogP contribution < -0.4 is 15.1 Å². The van der Waals surface area contributed by atoms with E-state index in [0.717, 1.165) is 57.6 Å². The fourth-order valence-corrected chi connectivity index (χ4v) is 2.88. The summed E-state index contributed by atoms with van der Waals surface area (Å²) in [6, 6.07) is 0.521. The first kappa shape index (κ1) is 14.5. The largest absolute Gasteiger partial charge is 0.378 e. The molecule has 3 rings (SSSR count). The van der Waals surface area contributed by atoms with Gasteiger partial charge in [-0.1, -0.05) is 13.8 Å². The summed E-state index contributed by atoms with van der Waals surface area (Å²) < 4.78 is 5.40. The van der Waals surface area contributed by atoms with Crippen molar-refractivity contribution in [1.29, 1.82) is 0 Å². The Bertz CT molecular complexity index is 461. The second-order valence-electron chi connectivity index (χ2n) is 6.09. The normalized spacial score (nSPS) is 23.7. The number of nitrogens with zero attached hydrogens (tertiary/aromatic N) is 4. The fourth-order valence-electron chi connectivity index (χ4n) is 2.88. The van der Waals surface area contributed by atoms with Gasteiger partial charge in [0.15, 0.2) is 0 Å². The molecule has 3 heterocycles. The van der Waals surface area contributed by atoms with E-state index in [1.807, 2.05) is 12.4 Å². The maximum absolute atomic E-state index is 5.40. The standard InChI is InChI=1S/C15H25N5O/c1-12(2)13-11-20(4-3-17-13)15-10-16-9-14(18-15)19-5-7-21-8-6-19/h9-10,12-13,17H,3-8,11H2,1-2H3/t13-/m0/s1. The molecule has 0 aliphatic carbocycles. The van der Waals surface area contributed by atoms with Crippen LogP contribution in [0.5, 0.6) is 0 Å². The first-order chi connectivity index (χ1) is 10.2. The van der Waals surface area contributed by atoms with Crippen molar-refractivity contribution in [2.75, 3.05) is 55.7 Å². The van der Waals surface area contributed by atoms with Crippen molar-refractivity contribution >= 4 is 11.6 Å². The Kier molecular flexibility index (Phi) is 4.55. The zero-order valence-corrected chi connectivity index (χ0v) is 13.0. The van der Waals surface area contributed by atoms with Gasteiger partial charge < -0.3 is 19.9 Å². The molecule has 2 fully saturated rings. The summed E-state index contributed by atoms with van der Waals surface area (Å²) >= 11 is 0.